The third-order valence-electron chi connectivity index (χ3n) is 6.49. The van der Waals surface area contributed by atoms with Crippen molar-refractivity contribution in [2.24, 2.45) is 5.92 Å². The van der Waals surface area contributed by atoms with E-state index in [0.29, 0.717) is 18.9 Å². The Morgan fingerprint density at radius 1 is 0.889 bits per heavy atom. The minimum absolute atomic E-state index is 0.163. The van der Waals surface area contributed by atoms with Crippen LogP contribution in [-0.4, -0.2) is 70.2 Å². The first-order chi connectivity index (χ1) is 13.1. The topological polar surface area (TPSA) is 77.0 Å². The molecule has 0 spiro atoms. The average Bonchev–Trinajstić information content (AvgIpc) is 3.10. The van der Waals surface area contributed by atoms with Crippen molar-refractivity contribution in [3.05, 3.63) is 24.5 Å². The van der Waals surface area contributed by atoms with Crippen molar-refractivity contribution in [3.8, 4) is 0 Å². The quantitative estimate of drug-likeness (QED) is 0.878. The maximum Gasteiger partial charge on any atom is 0.320 e. The maximum atomic E-state index is 13.0. The van der Waals surface area contributed by atoms with Gasteiger partial charge in [-0.3, -0.25) is 9.78 Å². The molecule has 146 valence electrons. The highest BCUT2D eigenvalue weighted by Gasteiger charge is 2.40. The van der Waals surface area contributed by atoms with Crippen molar-refractivity contribution in [3.63, 3.8) is 0 Å². The Hall–Kier alpha value is -2.31. The molecule has 1 aliphatic carbocycles. The number of nitrogens with zero attached hydrogens (tertiary/aromatic N) is 4. The van der Waals surface area contributed by atoms with E-state index in [-0.39, 0.29) is 18.0 Å². The number of urea groups is 1. The summed E-state index contributed by atoms with van der Waals surface area (Å²) in [5.41, 5.74) is 1.20. The predicted octanol–water partition coefficient (Wildman–Crippen LogP) is 2.43. The summed E-state index contributed by atoms with van der Waals surface area (Å²) in [7, 11) is 0. The molecule has 1 N–H and O–H groups in total. The Kier molecular flexibility index (Phi) is 5.18. The highest BCUT2D eigenvalue weighted by molar-refractivity contribution is 5.77. The van der Waals surface area contributed by atoms with Gasteiger partial charge < -0.3 is 19.8 Å². The van der Waals surface area contributed by atoms with Gasteiger partial charge in [0.15, 0.2) is 0 Å². The van der Waals surface area contributed by atoms with Gasteiger partial charge in [0, 0.05) is 56.3 Å². The molecule has 0 bridgehead atoms. The molecule has 7 nitrogen and oxygen atoms in total. The summed E-state index contributed by atoms with van der Waals surface area (Å²) in [6.45, 7) is 3.51. The van der Waals surface area contributed by atoms with Crippen molar-refractivity contribution in [2.45, 2.75) is 50.6 Å². The van der Waals surface area contributed by atoms with Crippen LogP contribution in [0.15, 0.2) is 24.5 Å². The lowest BCUT2D eigenvalue weighted by Gasteiger charge is -2.38. The second-order valence-corrected chi connectivity index (χ2v) is 7.94. The summed E-state index contributed by atoms with van der Waals surface area (Å²) < 4.78 is 0. The number of carbonyl (C=O) groups excluding carboxylic acids is 1. The van der Waals surface area contributed by atoms with E-state index >= 15 is 0 Å². The molecule has 1 aromatic heterocycles. The van der Waals surface area contributed by atoms with Crippen LogP contribution in [0, 0.1) is 5.92 Å². The highest BCUT2D eigenvalue weighted by atomic mass is 16.4. The second kappa shape index (κ2) is 7.74. The fraction of sp³-hybridized carbons (Fsp3) is 0.650. The van der Waals surface area contributed by atoms with Crippen LogP contribution in [0.3, 0.4) is 0 Å². The molecule has 3 aliphatic rings. The number of rotatable bonds is 4. The summed E-state index contributed by atoms with van der Waals surface area (Å²) in [6.07, 6.45) is 8.64. The van der Waals surface area contributed by atoms with Crippen molar-refractivity contribution in [1.82, 2.24) is 14.8 Å². The van der Waals surface area contributed by atoms with Gasteiger partial charge in [-0.1, -0.05) is 0 Å². The van der Waals surface area contributed by atoms with Gasteiger partial charge in [-0.2, -0.15) is 0 Å². The van der Waals surface area contributed by atoms with Crippen LogP contribution in [0.1, 0.15) is 38.5 Å². The molecular weight excluding hydrogens is 344 g/mol. The van der Waals surface area contributed by atoms with Gasteiger partial charge in [-0.15, -0.1) is 0 Å². The Morgan fingerprint density at radius 3 is 2.00 bits per heavy atom. The molecule has 3 heterocycles. The molecule has 2 aliphatic heterocycles. The number of carboxylic acids is 1. The molecule has 2 amide bonds. The Bertz CT molecular complexity index is 667. The number of hydrogen-bond acceptors (Lipinski definition) is 4. The van der Waals surface area contributed by atoms with Gasteiger partial charge in [0.05, 0.1) is 5.92 Å². The number of carbonyl (C=O) groups is 2. The Morgan fingerprint density at radius 2 is 1.44 bits per heavy atom. The lowest BCUT2D eigenvalue weighted by Crippen LogP contribution is -2.48. The zero-order valence-electron chi connectivity index (χ0n) is 15.7. The number of aromatic nitrogens is 1. The molecule has 0 atom stereocenters. The standard InChI is InChI=1S/C20H28N4O3/c25-19(26)15-1-3-17(4-2-15)23-13-14-24(20(23)27)18-7-11-22(12-8-18)16-5-9-21-10-6-16/h5-6,9-10,15,17-18H,1-4,7-8,11-14H2,(H,25,26). The molecule has 2 saturated heterocycles. The molecule has 4 rings (SSSR count). The smallest absolute Gasteiger partial charge is 0.320 e. The average molecular weight is 372 g/mol. The largest absolute Gasteiger partial charge is 0.481 e. The lowest BCUT2D eigenvalue weighted by atomic mass is 9.85. The highest BCUT2D eigenvalue weighted by Crippen LogP contribution is 2.31. The molecule has 1 saturated carbocycles. The van der Waals surface area contributed by atoms with Gasteiger partial charge in [-0.05, 0) is 50.7 Å². The van der Waals surface area contributed by atoms with Crippen LogP contribution in [-0.2, 0) is 4.79 Å². The summed E-state index contributed by atoms with van der Waals surface area (Å²) in [4.78, 5) is 34.6. The minimum Gasteiger partial charge on any atom is -0.481 e. The van der Waals surface area contributed by atoms with E-state index < -0.39 is 5.97 Å². The van der Waals surface area contributed by atoms with Crippen LogP contribution in [0.2, 0.25) is 0 Å². The van der Waals surface area contributed by atoms with E-state index in [1.54, 1.807) is 0 Å². The predicted molar refractivity (Wildman–Crippen MR) is 102 cm³/mol. The van der Waals surface area contributed by atoms with Crippen molar-refractivity contribution in [2.75, 3.05) is 31.1 Å². The van der Waals surface area contributed by atoms with E-state index in [4.69, 9.17) is 5.11 Å². The fourth-order valence-corrected chi connectivity index (χ4v) is 4.87. The van der Waals surface area contributed by atoms with Crippen LogP contribution >= 0.6 is 0 Å². The van der Waals surface area contributed by atoms with E-state index in [9.17, 15) is 9.59 Å². The van der Waals surface area contributed by atoms with E-state index in [1.165, 1.54) is 5.69 Å². The number of anilines is 1. The molecule has 27 heavy (non-hydrogen) atoms. The first kappa shape index (κ1) is 18.1. The molecule has 1 aromatic rings. The first-order valence-electron chi connectivity index (χ1n) is 10.1. The van der Waals surface area contributed by atoms with E-state index in [0.717, 1.165) is 51.9 Å². The number of carboxylic acid groups (broad SMARTS) is 1. The number of aliphatic carboxylic acids is 1. The summed E-state index contributed by atoms with van der Waals surface area (Å²) in [5, 5.41) is 9.16. The van der Waals surface area contributed by atoms with Crippen molar-refractivity contribution in [1.29, 1.82) is 0 Å². The van der Waals surface area contributed by atoms with Crippen LogP contribution in [0.5, 0.6) is 0 Å². The zero-order valence-corrected chi connectivity index (χ0v) is 15.7. The lowest BCUT2D eigenvalue weighted by molar-refractivity contribution is -0.143. The molecule has 0 radical (unpaired) electrons. The maximum absolute atomic E-state index is 13.0. The monoisotopic (exact) mass is 372 g/mol. The SMILES string of the molecule is O=C(O)C1CCC(N2CCN(C3CCN(c4ccncc4)CC3)C2=O)CC1. The Balaban J connectivity index is 1.30. The number of amides is 2. The number of hydrogen-bond donors (Lipinski definition) is 1. The first-order valence-corrected chi connectivity index (χ1v) is 10.1. The van der Waals surface area contributed by atoms with Crippen molar-refractivity contribution >= 4 is 17.7 Å². The molecule has 3 fully saturated rings. The van der Waals surface area contributed by atoms with Crippen LogP contribution < -0.4 is 4.90 Å². The summed E-state index contributed by atoms with van der Waals surface area (Å²) in [6, 6.07) is 4.77. The second-order valence-electron chi connectivity index (χ2n) is 7.94. The van der Waals surface area contributed by atoms with Crippen molar-refractivity contribution < 1.29 is 14.7 Å². The van der Waals surface area contributed by atoms with Gasteiger partial charge >= 0.3 is 12.0 Å². The molecule has 0 aromatic carbocycles. The normalized spacial score (nSPS) is 27.3. The number of piperidine rings is 1. The number of pyridine rings is 1. The molecule has 0 unspecified atom stereocenters. The minimum atomic E-state index is -0.691. The van der Waals surface area contributed by atoms with E-state index in [2.05, 4.69) is 14.8 Å². The fourth-order valence-electron chi connectivity index (χ4n) is 4.87. The van der Waals surface area contributed by atoms with Gasteiger partial charge in [0.2, 0.25) is 0 Å². The van der Waals surface area contributed by atoms with Gasteiger partial charge in [0.25, 0.3) is 0 Å². The van der Waals surface area contributed by atoms with Crippen LogP contribution in [0.4, 0.5) is 10.5 Å². The molecule has 7 heteroatoms. The Labute approximate surface area is 160 Å². The van der Waals surface area contributed by atoms with Crippen LogP contribution in [0.25, 0.3) is 0 Å². The van der Waals surface area contributed by atoms with E-state index in [1.807, 2.05) is 29.4 Å². The molecular formula is C20H28N4O3. The summed E-state index contributed by atoms with van der Waals surface area (Å²) in [5.74, 6) is -0.920. The third-order valence-corrected chi connectivity index (χ3v) is 6.49. The third kappa shape index (κ3) is 3.73. The van der Waals surface area contributed by atoms with Gasteiger partial charge in [-0.25, -0.2) is 4.79 Å². The zero-order chi connectivity index (χ0) is 18.8. The van der Waals surface area contributed by atoms with Gasteiger partial charge in [0.1, 0.15) is 0 Å². The summed E-state index contributed by atoms with van der Waals surface area (Å²) >= 11 is 0.